The molecule has 0 spiro atoms. The molecule has 2 aromatic carbocycles. The Morgan fingerprint density at radius 1 is 1.19 bits per heavy atom. The first-order chi connectivity index (χ1) is 13.1. The van der Waals surface area contributed by atoms with Crippen LogP contribution in [0.4, 0.5) is 5.69 Å². The molecule has 0 radical (unpaired) electrons. The first kappa shape index (κ1) is 18.6. The molecule has 0 aliphatic carbocycles. The normalized spacial score (nSPS) is 12.4. The lowest BCUT2D eigenvalue weighted by atomic mass is 10.0. The van der Waals surface area contributed by atoms with Gasteiger partial charge in [-0.2, -0.15) is 0 Å². The van der Waals surface area contributed by atoms with E-state index in [0.29, 0.717) is 17.9 Å². The van der Waals surface area contributed by atoms with Gasteiger partial charge in [0.1, 0.15) is 5.75 Å². The molecule has 1 N–H and O–H groups in total. The highest BCUT2D eigenvalue weighted by Gasteiger charge is 2.19. The van der Waals surface area contributed by atoms with Crippen molar-refractivity contribution in [3.05, 3.63) is 59.2 Å². The number of ether oxygens (including phenoxy) is 1. The van der Waals surface area contributed by atoms with E-state index in [0.717, 1.165) is 29.6 Å². The topological polar surface area (TPSA) is 75.7 Å². The number of ketones is 1. The van der Waals surface area contributed by atoms with Gasteiger partial charge in [-0.1, -0.05) is 17.7 Å². The number of carbonyl (C=O) groups excluding carboxylic acids is 3. The molecule has 0 atom stereocenters. The Bertz CT molecular complexity index is 846. The van der Waals surface area contributed by atoms with Crippen molar-refractivity contribution >= 4 is 23.8 Å². The van der Waals surface area contributed by atoms with Crippen LogP contribution in [0.15, 0.2) is 42.5 Å². The van der Waals surface area contributed by atoms with Crippen LogP contribution in [0.3, 0.4) is 0 Å². The van der Waals surface area contributed by atoms with Crippen molar-refractivity contribution in [3.8, 4) is 5.75 Å². The molecular weight excluding hydrogens is 344 g/mol. The number of hydrogen-bond donors (Lipinski definition) is 1. The third kappa shape index (κ3) is 4.73. The molecule has 0 saturated carbocycles. The summed E-state index contributed by atoms with van der Waals surface area (Å²) < 4.78 is 5.41. The predicted octanol–water partition coefficient (Wildman–Crippen LogP) is 2.28. The quantitative estimate of drug-likeness (QED) is 0.574. The second-order valence-corrected chi connectivity index (χ2v) is 6.52. The summed E-state index contributed by atoms with van der Waals surface area (Å²) in [5, 5.41) is 2.69. The van der Waals surface area contributed by atoms with E-state index in [1.165, 1.54) is 0 Å². The van der Waals surface area contributed by atoms with Crippen molar-refractivity contribution in [3.63, 3.8) is 0 Å². The lowest BCUT2D eigenvalue weighted by Gasteiger charge is -2.10. The predicted molar refractivity (Wildman–Crippen MR) is 102 cm³/mol. The number of Topliss-reactive ketones (excluding diaryl/α,β-unsaturated/α-hetero) is 1. The maximum Gasteiger partial charge on any atom is 0.257 e. The Morgan fingerprint density at radius 2 is 1.96 bits per heavy atom. The summed E-state index contributed by atoms with van der Waals surface area (Å²) in [6, 6.07) is 12.8. The number of aryl methyl sites for hydroxylation is 1. The molecule has 0 unspecified atom stereocenters. The van der Waals surface area contributed by atoms with E-state index >= 15 is 0 Å². The Kier molecular flexibility index (Phi) is 5.86. The van der Waals surface area contributed by atoms with Crippen molar-refractivity contribution in [1.82, 2.24) is 5.32 Å². The number of carbonyl (C=O) groups is 3. The van der Waals surface area contributed by atoms with Gasteiger partial charge in [0.15, 0.2) is 12.4 Å². The molecule has 1 heterocycles. The van der Waals surface area contributed by atoms with Crippen LogP contribution in [-0.2, 0) is 16.0 Å². The highest BCUT2D eigenvalue weighted by molar-refractivity contribution is 5.97. The van der Waals surface area contributed by atoms with Crippen molar-refractivity contribution in [2.24, 2.45) is 0 Å². The summed E-state index contributed by atoms with van der Waals surface area (Å²) in [6.45, 7) is 2.80. The van der Waals surface area contributed by atoms with E-state index in [1.807, 2.05) is 37.3 Å². The number of nitrogens with zero attached hydrogens (tertiary/aromatic N) is 1. The molecule has 0 saturated heterocycles. The molecule has 0 bridgehead atoms. The number of amides is 2. The summed E-state index contributed by atoms with van der Waals surface area (Å²) in [6.07, 6.45) is 1.77. The monoisotopic (exact) mass is 366 g/mol. The second-order valence-electron chi connectivity index (χ2n) is 6.52. The van der Waals surface area contributed by atoms with Gasteiger partial charge in [0.05, 0.1) is 0 Å². The molecule has 1 aliphatic rings. The van der Waals surface area contributed by atoms with Gasteiger partial charge in [0.25, 0.3) is 5.91 Å². The second kappa shape index (κ2) is 8.49. The SMILES string of the molecule is Cc1ccc(OCC(=O)NCCC(=O)c2ccc3c(c2)CCN3C=O)cc1. The van der Waals surface area contributed by atoms with Gasteiger partial charge >= 0.3 is 0 Å². The van der Waals surface area contributed by atoms with Crippen LogP contribution in [0.2, 0.25) is 0 Å². The zero-order chi connectivity index (χ0) is 19.2. The molecule has 0 aromatic heterocycles. The molecule has 6 nitrogen and oxygen atoms in total. The standard InChI is InChI=1S/C21H22N2O4/c1-15-2-5-18(6-3-15)27-13-21(26)22-10-8-20(25)17-4-7-19-16(12-17)9-11-23(19)14-24/h2-7,12,14H,8-11,13H2,1H3,(H,22,26). The van der Waals surface area contributed by atoms with Gasteiger partial charge in [-0.3, -0.25) is 14.4 Å². The summed E-state index contributed by atoms with van der Waals surface area (Å²) in [4.78, 5) is 36.8. The minimum Gasteiger partial charge on any atom is -0.484 e. The molecule has 140 valence electrons. The van der Waals surface area contributed by atoms with Crippen LogP contribution >= 0.6 is 0 Å². The van der Waals surface area contributed by atoms with Crippen LogP contribution < -0.4 is 15.0 Å². The first-order valence-electron chi connectivity index (χ1n) is 8.91. The average Bonchev–Trinajstić information content (AvgIpc) is 3.09. The molecule has 1 aliphatic heterocycles. The highest BCUT2D eigenvalue weighted by Crippen LogP contribution is 2.27. The smallest absolute Gasteiger partial charge is 0.257 e. The van der Waals surface area contributed by atoms with Gasteiger partial charge < -0.3 is 15.0 Å². The van der Waals surface area contributed by atoms with Crippen LogP contribution in [0, 0.1) is 6.92 Å². The van der Waals surface area contributed by atoms with Gasteiger partial charge in [-0.05, 0) is 49.2 Å². The molecule has 2 aromatic rings. The zero-order valence-electron chi connectivity index (χ0n) is 15.2. The largest absolute Gasteiger partial charge is 0.484 e. The van der Waals surface area contributed by atoms with E-state index in [-0.39, 0.29) is 31.3 Å². The molecule has 27 heavy (non-hydrogen) atoms. The third-order valence-electron chi connectivity index (χ3n) is 4.53. The van der Waals surface area contributed by atoms with Crippen molar-refractivity contribution in [1.29, 1.82) is 0 Å². The maximum atomic E-state index is 12.3. The van der Waals surface area contributed by atoms with Gasteiger partial charge in [0, 0.05) is 30.8 Å². The number of anilines is 1. The van der Waals surface area contributed by atoms with Crippen molar-refractivity contribution in [2.75, 3.05) is 24.6 Å². The lowest BCUT2D eigenvalue weighted by molar-refractivity contribution is -0.123. The van der Waals surface area contributed by atoms with Crippen LogP contribution in [0.5, 0.6) is 5.75 Å². The van der Waals surface area contributed by atoms with E-state index in [4.69, 9.17) is 4.74 Å². The van der Waals surface area contributed by atoms with E-state index in [9.17, 15) is 14.4 Å². The van der Waals surface area contributed by atoms with Gasteiger partial charge in [-0.15, -0.1) is 0 Å². The Balaban J connectivity index is 1.43. The fourth-order valence-electron chi connectivity index (χ4n) is 3.00. The Labute approximate surface area is 158 Å². The minimum atomic E-state index is -0.265. The summed E-state index contributed by atoms with van der Waals surface area (Å²) in [5.74, 6) is 0.329. The number of benzene rings is 2. The van der Waals surface area contributed by atoms with Gasteiger partial charge in [-0.25, -0.2) is 0 Å². The van der Waals surface area contributed by atoms with Crippen LogP contribution in [0.25, 0.3) is 0 Å². The Hall–Kier alpha value is -3.15. The van der Waals surface area contributed by atoms with E-state index in [1.54, 1.807) is 17.0 Å². The van der Waals surface area contributed by atoms with Gasteiger partial charge in [0.2, 0.25) is 6.41 Å². The fourth-order valence-corrected chi connectivity index (χ4v) is 3.00. The van der Waals surface area contributed by atoms with E-state index in [2.05, 4.69) is 5.32 Å². The highest BCUT2D eigenvalue weighted by atomic mass is 16.5. The summed E-state index contributed by atoms with van der Waals surface area (Å²) in [7, 11) is 0. The molecular formula is C21H22N2O4. The minimum absolute atomic E-state index is 0.0397. The number of rotatable bonds is 8. The lowest BCUT2D eigenvalue weighted by Crippen LogP contribution is -2.30. The van der Waals surface area contributed by atoms with Crippen LogP contribution in [0.1, 0.15) is 27.9 Å². The van der Waals surface area contributed by atoms with E-state index < -0.39 is 0 Å². The molecule has 0 fully saturated rings. The molecule has 6 heteroatoms. The summed E-state index contributed by atoms with van der Waals surface area (Å²) in [5.41, 5.74) is 3.59. The average molecular weight is 366 g/mol. The maximum absolute atomic E-state index is 12.3. The Morgan fingerprint density at radius 3 is 2.70 bits per heavy atom. The molecule has 2 amide bonds. The fraction of sp³-hybridized carbons (Fsp3) is 0.286. The number of fused-ring (bicyclic) bond motifs is 1. The molecule has 3 rings (SSSR count). The van der Waals surface area contributed by atoms with Crippen LogP contribution in [-0.4, -0.2) is 37.8 Å². The van der Waals surface area contributed by atoms with Crippen molar-refractivity contribution < 1.29 is 19.1 Å². The van der Waals surface area contributed by atoms with Crippen molar-refractivity contribution in [2.45, 2.75) is 19.8 Å². The third-order valence-corrected chi connectivity index (χ3v) is 4.53. The number of hydrogen-bond acceptors (Lipinski definition) is 4. The zero-order valence-corrected chi connectivity index (χ0v) is 15.2. The number of nitrogens with one attached hydrogen (secondary N) is 1. The summed E-state index contributed by atoms with van der Waals surface area (Å²) >= 11 is 0. The first-order valence-corrected chi connectivity index (χ1v) is 8.91.